The minimum atomic E-state index is -4.09. The molecule has 2 fully saturated rings. The van der Waals surface area contributed by atoms with Crippen LogP contribution < -0.4 is 5.32 Å². The van der Waals surface area contributed by atoms with E-state index in [1.165, 1.54) is 0 Å². The third-order valence-corrected chi connectivity index (χ3v) is 3.78. The molecule has 0 amide bonds. The molecule has 0 heterocycles. The van der Waals surface area contributed by atoms with Crippen LogP contribution in [0.5, 0.6) is 0 Å². The van der Waals surface area contributed by atoms with Crippen LogP contribution in [-0.4, -0.2) is 31.0 Å². The first-order valence-electron chi connectivity index (χ1n) is 5.84. The Morgan fingerprint density at radius 3 is 2.06 bits per heavy atom. The average molecular weight is 237 g/mol. The van der Waals surface area contributed by atoms with Gasteiger partial charge in [-0.15, -0.1) is 0 Å². The number of alkyl halides is 3. The van der Waals surface area contributed by atoms with Gasteiger partial charge in [0.2, 0.25) is 0 Å². The van der Waals surface area contributed by atoms with Gasteiger partial charge in [-0.2, -0.15) is 13.2 Å². The molecule has 5 heteroatoms. The van der Waals surface area contributed by atoms with Crippen LogP contribution in [0.25, 0.3) is 0 Å². The van der Waals surface area contributed by atoms with Crippen LogP contribution in [0.2, 0.25) is 0 Å². The molecule has 2 saturated carbocycles. The van der Waals surface area contributed by atoms with E-state index in [0.29, 0.717) is 0 Å². The van der Waals surface area contributed by atoms with Crippen LogP contribution >= 0.6 is 0 Å². The number of hydrogen-bond donors (Lipinski definition) is 1. The van der Waals surface area contributed by atoms with Crippen molar-refractivity contribution in [3.8, 4) is 0 Å². The van der Waals surface area contributed by atoms with Gasteiger partial charge in [-0.1, -0.05) is 0 Å². The van der Waals surface area contributed by atoms with Crippen molar-refractivity contribution in [2.45, 2.75) is 62.4 Å². The molecule has 0 atom stereocenters. The fourth-order valence-electron chi connectivity index (χ4n) is 2.47. The summed E-state index contributed by atoms with van der Waals surface area (Å²) < 4.78 is 43.3. The van der Waals surface area contributed by atoms with E-state index < -0.39 is 11.7 Å². The van der Waals surface area contributed by atoms with E-state index in [1.54, 1.807) is 7.11 Å². The van der Waals surface area contributed by atoms with E-state index >= 15 is 0 Å². The van der Waals surface area contributed by atoms with Gasteiger partial charge in [0.25, 0.3) is 0 Å². The highest BCUT2D eigenvalue weighted by molar-refractivity contribution is 5.09. The molecule has 2 rings (SSSR count). The Labute approximate surface area is 93.5 Å². The van der Waals surface area contributed by atoms with E-state index in [1.807, 2.05) is 0 Å². The minimum Gasteiger partial charge on any atom is -0.381 e. The second-order valence-electron chi connectivity index (χ2n) is 4.93. The number of methoxy groups -OCH3 is 1. The molecule has 2 aliphatic rings. The van der Waals surface area contributed by atoms with Crippen LogP contribution in [0.3, 0.4) is 0 Å². The van der Waals surface area contributed by atoms with Gasteiger partial charge in [-0.25, -0.2) is 0 Å². The second kappa shape index (κ2) is 4.18. The van der Waals surface area contributed by atoms with Crippen molar-refractivity contribution in [2.24, 2.45) is 0 Å². The predicted molar refractivity (Wildman–Crippen MR) is 54.2 cm³/mol. The zero-order valence-electron chi connectivity index (χ0n) is 9.44. The molecule has 94 valence electrons. The average Bonchev–Trinajstić information content (AvgIpc) is 2.99. The standard InChI is InChI=1S/C11H18F3NO/c1-16-9-4-2-8(3-5-9)15-10(6-7-10)11(12,13)14/h8-9,15H,2-7H2,1H3. The molecular weight excluding hydrogens is 219 g/mol. The highest BCUT2D eigenvalue weighted by Gasteiger charge is 2.63. The number of hydrogen-bond acceptors (Lipinski definition) is 2. The quantitative estimate of drug-likeness (QED) is 0.814. The van der Waals surface area contributed by atoms with Gasteiger partial charge in [-0.3, -0.25) is 0 Å². The Kier molecular flexibility index (Phi) is 3.18. The molecule has 0 aromatic carbocycles. The third-order valence-electron chi connectivity index (χ3n) is 3.78. The molecule has 0 radical (unpaired) electrons. The smallest absolute Gasteiger partial charge is 0.381 e. The van der Waals surface area contributed by atoms with Gasteiger partial charge < -0.3 is 10.1 Å². The first-order chi connectivity index (χ1) is 7.47. The normalized spacial score (nSPS) is 33.8. The fourth-order valence-corrected chi connectivity index (χ4v) is 2.47. The lowest BCUT2D eigenvalue weighted by Gasteiger charge is -2.32. The van der Waals surface area contributed by atoms with Crippen molar-refractivity contribution in [3.63, 3.8) is 0 Å². The predicted octanol–water partition coefficient (Wildman–Crippen LogP) is 2.63. The Hall–Kier alpha value is -0.290. The molecule has 0 bridgehead atoms. The molecule has 0 spiro atoms. The third kappa shape index (κ3) is 2.35. The van der Waals surface area contributed by atoms with Crippen molar-refractivity contribution in [3.05, 3.63) is 0 Å². The molecular formula is C11H18F3NO. The Morgan fingerprint density at radius 2 is 1.69 bits per heavy atom. The monoisotopic (exact) mass is 237 g/mol. The molecule has 2 aliphatic carbocycles. The number of rotatable bonds is 3. The minimum absolute atomic E-state index is 0.00975. The molecule has 1 N–H and O–H groups in total. The zero-order chi connectivity index (χ0) is 11.8. The van der Waals surface area contributed by atoms with Gasteiger partial charge in [-0.05, 0) is 38.5 Å². The van der Waals surface area contributed by atoms with Crippen molar-refractivity contribution >= 4 is 0 Å². The van der Waals surface area contributed by atoms with Crippen LogP contribution in [0.15, 0.2) is 0 Å². The summed E-state index contributed by atoms with van der Waals surface area (Å²) in [7, 11) is 1.66. The molecule has 0 unspecified atom stereocenters. The van der Waals surface area contributed by atoms with Crippen molar-refractivity contribution in [2.75, 3.05) is 7.11 Å². The summed E-state index contributed by atoms with van der Waals surface area (Å²) >= 11 is 0. The highest BCUT2D eigenvalue weighted by Crippen LogP contribution is 2.49. The Bertz CT molecular complexity index is 242. The van der Waals surface area contributed by atoms with E-state index in [2.05, 4.69) is 5.32 Å². The van der Waals surface area contributed by atoms with Crippen LogP contribution in [0, 0.1) is 0 Å². The molecule has 0 aromatic heterocycles. The molecule has 0 aliphatic heterocycles. The zero-order valence-corrected chi connectivity index (χ0v) is 9.44. The maximum Gasteiger partial charge on any atom is 0.406 e. The fraction of sp³-hybridized carbons (Fsp3) is 1.00. The number of halogens is 3. The summed E-state index contributed by atoms with van der Waals surface area (Å²) in [4.78, 5) is 0. The van der Waals surface area contributed by atoms with Gasteiger partial charge >= 0.3 is 6.18 Å². The van der Waals surface area contributed by atoms with Gasteiger partial charge in [0.1, 0.15) is 5.54 Å². The number of nitrogens with one attached hydrogen (secondary N) is 1. The topological polar surface area (TPSA) is 21.3 Å². The van der Waals surface area contributed by atoms with Gasteiger partial charge in [0, 0.05) is 13.2 Å². The van der Waals surface area contributed by atoms with Crippen LogP contribution in [0.1, 0.15) is 38.5 Å². The first kappa shape index (κ1) is 12.2. The summed E-state index contributed by atoms with van der Waals surface area (Å²) in [6, 6.07) is 0.00975. The van der Waals surface area contributed by atoms with Crippen LogP contribution in [0.4, 0.5) is 13.2 Å². The Balaban J connectivity index is 1.83. The van der Waals surface area contributed by atoms with E-state index in [4.69, 9.17) is 4.74 Å². The summed E-state index contributed by atoms with van der Waals surface area (Å²) in [5.41, 5.74) is -1.56. The molecule has 2 nitrogen and oxygen atoms in total. The van der Waals surface area contributed by atoms with E-state index in [-0.39, 0.29) is 25.0 Å². The van der Waals surface area contributed by atoms with Crippen molar-refractivity contribution in [1.29, 1.82) is 0 Å². The summed E-state index contributed by atoms with van der Waals surface area (Å²) in [6.07, 6.45) is -0.0808. The summed E-state index contributed by atoms with van der Waals surface area (Å²) in [6.45, 7) is 0. The lowest BCUT2D eigenvalue weighted by Crippen LogP contribution is -2.51. The molecule has 0 aromatic rings. The van der Waals surface area contributed by atoms with E-state index in [0.717, 1.165) is 25.7 Å². The molecule has 16 heavy (non-hydrogen) atoms. The lowest BCUT2D eigenvalue weighted by atomic mass is 9.92. The summed E-state index contributed by atoms with van der Waals surface area (Å²) in [5, 5.41) is 2.81. The van der Waals surface area contributed by atoms with Crippen LogP contribution in [-0.2, 0) is 4.74 Å². The largest absolute Gasteiger partial charge is 0.406 e. The SMILES string of the molecule is COC1CCC(NC2(C(F)(F)F)CC2)CC1. The maximum atomic E-state index is 12.7. The summed E-state index contributed by atoms with van der Waals surface area (Å²) in [5.74, 6) is 0. The number of ether oxygens (including phenoxy) is 1. The molecule has 0 saturated heterocycles. The van der Waals surface area contributed by atoms with Gasteiger partial charge in [0.05, 0.1) is 6.10 Å². The Morgan fingerprint density at radius 1 is 1.12 bits per heavy atom. The highest BCUT2D eigenvalue weighted by atomic mass is 19.4. The second-order valence-corrected chi connectivity index (χ2v) is 4.93. The van der Waals surface area contributed by atoms with Gasteiger partial charge in [0.15, 0.2) is 0 Å². The first-order valence-corrected chi connectivity index (χ1v) is 5.84. The van der Waals surface area contributed by atoms with Crippen molar-refractivity contribution < 1.29 is 17.9 Å². The van der Waals surface area contributed by atoms with Crippen molar-refractivity contribution in [1.82, 2.24) is 5.32 Å². The van der Waals surface area contributed by atoms with E-state index in [9.17, 15) is 13.2 Å². The maximum absolute atomic E-state index is 12.7. The lowest BCUT2D eigenvalue weighted by molar-refractivity contribution is -0.168.